The Morgan fingerprint density at radius 3 is 2.44 bits per heavy atom. The molecule has 5 N–H and O–H groups in total. The minimum Gasteiger partial charge on any atom is -0.480 e. The number of nitrogens with one attached hydrogen (secondary N) is 2. The molecule has 150 valence electrons. The average Bonchev–Trinajstić information content (AvgIpc) is 2.61. The number of aliphatic hydroxyl groups is 2. The Morgan fingerprint density at radius 1 is 1.26 bits per heavy atom. The summed E-state index contributed by atoms with van der Waals surface area (Å²) < 4.78 is 16.3. The van der Waals surface area contributed by atoms with Gasteiger partial charge in [0.25, 0.3) is 0 Å². The van der Waals surface area contributed by atoms with Gasteiger partial charge in [-0.05, 0) is 50.3 Å². The van der Waals surface area contributed by atoms with Crippen molar-refractivity contribution in [3.63, 3.8) is 0 Å². The second kappa shape index (κ2) is 9.29. The van der Waals surface area contributed by atoms with Crippen LogP contribution >= 0.6 is 12.2 Å². The molecule has 0 bridgehead atoms. The SMILES string of the molecule is COC1C(O)C(C)OC(Oc2ccc(NC(=S)NC(C)C(=O)O)cc2)C1O. The van der Waals surface area contributed by atoms with Gasteiger partial charge >= 0.3 is 5.97 Å². The van der Waals surface area contributed by atoms with E-state index in [2.05, 4.69) is 10.6 Å². The number of methoxy groups -OCH3 is 1. The number of anilines is 1. The molecule has 27 heavy (non-hydrogen) atoms. The van der Waals surface area contributed by atoms with Crippen LogP contribution in [0.15, 0.2) is 24.3 Å². The molecule has 1 aliphatic rings. The Morgan fingerprint density at radius 2 is 1.89 bits per heavy atom. The van der Waals surface area contributed by atoms with Crippen molar-refractivity contribution in [2.75, 3.05) is 12.4 Å². The number of rotatable bonds is 6. The Bertz CT molecular complexity index is 657. The summed E-state index contributed by atoms with van der Waals surface area (Å²) in [4.78, 5) is 10.8. The summed E-state index contributed by atoms with van der Waals surface area (Å²) in [5.74, 6) is -0.580. The zero-order chi connectivity index (χ0) is 20.1. The minimum absolute atomic E-state index is 0.176. The predicted octanol–water partition coefficient (Wildman–Crippen LogP) is 0.306. The molecule has 10 heteroatoms. The lowest BCUT2D eigenvalue weighted by Crippen LogP contribution is -2.59. The van der Waals surface area contributed by atoms with Crippen molar-refractivity contribution in [2.45, 2.75) is 50.6 Å². The van der Waals surface area contributed by atoms with E-state index in [4.69, 9.17) is 31.5 Å². The van der Waals surface area contributed by atoms with Crippen LogP contribution in [0.1, 0.15) is 13.8 Å². The van der Waals surface area contributed by atoms with Crippen LogP contribution in [0.3, 0.4) is 0 Å². The number of benzene rings is 1. The van der Waals surface area contributed by atoms with Gasteiger partial charge in [-0.25, -0.2) is 0 Å². The van der Waals surface area contributed by atoms with Crippen molar-refractivity contribution in [3.8, 4) is 5.75 Å². The summed E-state index contributed by atoms with van der Waals surface area (Å²) in [5.41, 5.74) is 0.626. The van der Waals surface area contributed by atoms with E-state index >= 15 is 0 Å². The summed E-state index contributed by atoms with van der Waals surface area (Å²) in [7, 11) is 1.40. The Kier molecular flexibility index (Phi) is 7.33. The number of hydrogen-bond donors (Lipinski definition) is 5. The highest BCUT2D eigenvalue weighted by molar-refractivity contribution is 7.80. The number of hydrogen-bond acceptors (Lipinski definition) is 7. The lowest BCUT2D eigenvalue weighted by molar-refractivity contribution is -0.272. The monoisotopic (exact) mass is 400 g/mol. The first-order valence-electron chi connectivity index (χ1n) is 8.34. The van der Waals surface area contributed by atoms with Gasteiger partial charge in [0.1, 0.15) is 30.1 Å². The lowest BCUT2D eigenvalue weighted by Gasteiger charge is -2.40. The molecule has 0 radical (unpaired) electrons. The van der Waals surface area contributed by atoms with Gasteiger partial charge in [-0.1, -0.05) is 0 Å². The molecule has 9 nitrogen and oxygen atoms in total. The van der Waals surface area contributed by atoms with Crippen molar-refractivity contribution < 1.29 is 34.3 Å². The van der Waals surface area contributed by atoms with Gasteiger partial charge in [0.2, 0.25) is 6.29 Å². The van der Waals surface area contributed by atoms with Crippen LogP contribution in [0.4, 0.5) is 5.69 Å². The Hall–Kier alpha value is -1.98. The van der Waals surface area contributed by atoms with Gasteiger partial charge < -0.3 is 40.2 Å². The molecule has 6 unspecified atom stereocenters. The summed E-state index contributed by atoms with van der Waals surface area (Å²) in [6, 6.07) is 5.81. The highest BCUT2D eigenvalue weighted by atomic mass is 32.1. The summed E-state index contributed by atoms with van der Waals surface area (Å²) in [5, 5.41) is 34.8. The molecule has 1 aromatic carbocycles. The Balaban J connectivity index is 1.95. The first-order chi connectivity index (χ1) is 12.7. The van der Waals surface area contributed by atoms with Crippen LogP contribution in [-0.2, 0) is 14.3 Å². The van der Waals surface area contributed by atoms with Crippen molar-refractivity contribution in [2.24, 2.45) is 0 Å². The topological polar surface area (TPSA) is 130 Å². The number of thiocarbonyl (C=S) groups is 1. The molecule has 1 saturated heterocycles. The van der Waals surface area contributed by atoms with Crippen LogP contribution in [0, 0.1) is 0 Å². The Labute approximate surface area is 162 Å². The molecular formula is C17H24N2O7S. The summed E-state index contributed by atoms with van der Waals surface area (Å²) in [6.07, 6.45) is -4.50. The third kappa shape index (κ3) is 5.50. The van der Waals surface area contributed by atoms with E-state index in [1.807, 2.05) is 0 Å². The quantitative estimate of drug-likeness (QED) is 0.425. The number of aliphatic hydroxyl groups excluding tert-OH is 2. The van der Waals surface area contributed by atoms with Crippen molar-refractivity contribution in [1.29, 1.82) is 0 Å². The van der Waals surface area contributed by atoms with Gasteiger partial charge in [0.05, 0.1) is 6.10 Å². The number of carboxylic acids is 1. The highest BCUT2D eigenvalue weighted by Gasteiger charge is 2.44. The maximum atomic E-state index is 10.8. The molecule has 1 aromatic rings. The van der Waals surface area contributed by atoms with E-state index in [-0.39, 0.29) is 5.11 Å². The van der Waals surface area contributed by atoms with E-state index in [9.17, 15) is 15.0 Å². The van der Waals surface area contributed by atoms with E-state index < -0.39 is 42.7 Å². The number of carboxylic acid groups (broad SMARTS) is 1. The highest BCUT2D eigenvalue weighted by Crippen LogP contribution is 2.26. The molecule has 1 heterocycles. The zero-order valence-corrected chi connectivity index (χ0v) is 16.0. The molecule has 1 aliphatic heterocycles. The fourth-order valence-corrected chi connectivity index (χ4v) is 2.84. The predicted molar refractivity (Wildman–Crippen MR) is 101 cm³/mol. The molecule has 1 fully saturated rings. The summed E-state index contributed by atoms with van der Waals surface area (Å²) >= 11 is 5.05. The third-order valence-corrected chi connectivity index (χ3v) is 4.36. The lowest BCUT2D eigenvalue weighted by atomic mass is 10.00. The molecule has 0 amide bonds. The average molecular weight is 400 g/mol. The minimum atomic E-state index is -1.16. The molecule has 2 rings (SSSR count). The van der Waals surface area contributed by atoms with Gasteiger partial charge in [0, 0.05) is 12.8 Å². The maximum absolute atomic E-state index is 10.8. The molecule has 0 aromatic heterocycles. The second-order valence-electron chi connectivity index (χ2n) is 6.19. The molecule has 0 spiro atoms. The standard InChI is InChI=1S/C17H24N2O7S/c1-8(15(22)23)18-17(27)19-10-4-6-11(7-5-10)26-16-13(21)14(24-3)12(20)9(2)25-16/h4-9,12-14,16,20-21H,1-3H3,(H,22,23)(H2,18,19,27). The number of carbonyl (C=O) groups is 1. The fraction of sp³-hybridized carbons (Fsp3) is 0.529. The zero-order valence-electron chi connectivity index (χ0n) is 15.2. The van der Waals surface area contributed by atoms with Gasteiger partial charge in [0.15, 0.2) is 5.11 Å². The van der Waals surface area contributed by atoms with Gasteiger partial charge in [-0.3, -0.25) is 4.79 Å². The number of aliphatic carboxylic acids is 1. The van der Waals surface area contributed by atoms with E-state index in [0.29, 0.717) is 11.4 Å². The fourth-order valence-electron chi connectivity index (χ4n) is 2.55. The largest absolute Gasteiger partial charge is 0.480 e. The van der Waals surface area contributed by atoms with Crippen molar-refractivity contribution in [1.82, 2.24) is 5.32 Å². The van der Waals surface area contributed by atoms with Crippen LogP contribution in [-0.4, -0.2) is 70.3 Å². The number of ether oxygens (including phenoxy) is 3. The molecule has 0 saturated carbocycles. The third-order valence-electron chi connectivity index (χ3n) is 4.14. The normalized spacial score (nSPS) is 28.9. The van der Waals surface area contributed by atoms with Crippen LogP contribution < -0.4 is 15.4 Å². The molecule has 6 atom stereocenters. The molecule has 0 aliphatic carbocycles. The van der Waals surface area contributed by atoms with E-state index in [1.54, 1.807) is 31.2 Å². The second-order valence-corrected chi connectivity index (χ2v) is 6.60. The van der Waals surface area contributed by atoms with Gasteiger partial charge in [-0.15, -0.1) is 0 Å². The first-order valence-corrected chi connectivity index (χ1v) is 8.75. The van der Waals surface area contributed by atoms with E-state index in [0.717, 1.165) is 0 Å². The van der Waals surface area contributed by atoms with Crippen LogP contribution in [0.25, 0.3) is 0 Å². The summed E-state index contributed by atoms with van der Waals surface area (Å²) in [6.45, 7) is 3.14. The van der Waals surface area contributed by atoms with Gasteiger partial charge in [-0.2, -0.15) is 0 Å². The maximum Gasteiger partial charge on any atom is 0.325 e. The van der Waals surface area contributed by atoms with Crippen LogP contribution in [0.5, 0.6) is 5.75 Å². The van der Waals surface area contributed by atoms with E-state index in [1.165, 1.54) is 14.0 Å². The first kappa shape index (κ1) is 21.3. The van der Waals surface area contributed by atoms with Crippen LogP contribution in [0.2, 0.25) is 0 Å². The smallest absolute Gasteiger partial charge is 0.325 e. The molecular weight excluding hydrogens is 376 g/mol. The van der Waals surface area contributed by atoms with Crippen molar-refractivity contribution >= 4 is 29.0 Å². The van der Waals surface area contributed by atoms with Crippen molar-refractivity contribution in [3.05, 3.63) is 24.3 Å².